The monoisotopic (exact) mass is 631 g/mol. The van der Waals surface area contributed by atoms with E-state index in [2.05, 4.69) is 57.3 Å². The summed E-state index contributed by atoms with van der Waals surface area (Å²) in [6.07, 6.45) is 0.654. The van der Waals surface area contributed by atoms with Gasteiger partial charge in [0.25, 0.3) is 5.91 Å². The lowest BCUT2D eigenvalue weighted by Crippen LogP contribution is -2.31. The number of hydrogen-bond donors (Lipinski definition) is 2. The molecule has 2 amide bonds. The highest BCUT2D eigenvalue weighted by Crippen LogP contribution is 2.26. The number of halogens is 3. The number of benzene rings is 2. The number of carbonyl (C=O) groups is 2. The van der Waals surface area contributed by atoms with Crippen LogP contribution in [0.25, 0.3) is 0 Å². The van der Waals surface area contributed by atoms with Gasteiger partial charge in [0.2, 0.25) is 5.91 Å². The normalized spacial score (nSPS) is 12.0. The molecule has 3 aromatic rings. The number of thioether (sulfide) groups is 1. The van der Waals surface area contributed by atoms with Gasteiger partial charge in [-0.25, -0.2) is 0 Å². The highest BCUT2D eigenvalue weighted by molar-refractivity contribution is 14.1. The average Bonchev–Trinajstić information content (AvgIpc) is 3.13. The van der Waals surface area contributed by atoms with Crippen molar-refractivity contribution in [2.45, 2.75) is 31.5 Å². The van der Waals surface area contributed by atoms with Gasteiger partial charge in [0.05, 0.1) is 22.4 Å². The van der Waals surface area contributed by atoms with Crippen LogP contribution < -0.4 is 10.6 Å². The summed E-state index contributed by atoms with van der Waals surface area (Å²) in [6, 6.07) is 11.9. The minimum Gasteiger partial charge on any atom is -0.342 e. The topological polar surface area (TPSA) is 88.9 Å². The molecular weight excluding hydrogens is 608 g/mol. The third-order valence-corrected chi connectivity index (χ3v) is 7.12. The van der Waals surface area contributed by atoms with Crippen molar-refractivity contribution in [2.24, 2.45) is 13.0 Å². The standard InChI is InChI=1S/C23H24Cl2IN5O2S/c1-13(2)10-19(28-22(33)17-9-4-14(24)11-18(17)25)21-29-30-23(31(21)3)34-12-20(32)27-16-7-5-15(26)6-8-16/h4-9,11,13,19H,10,12H2,1-3H3,(H,27,32)(H,28,33)/t19-/m0/s1. The van der Waals surface area contributed by atoms with Gasteiger partial charge in [-0.1, -0.05) is 48.8 Å². The van der Waals surface area contributed by atoms with Gasteiger partial charge < -0.3 is 15.2 Å². The molecule has 0 spiro atoms. The molecule has 0 aliphatic carbocycles. The van der Waals surface area contributed by atoms with Gasteiger partial charge in [-0.15, -0.1) is 10.2 Å². The third kappa shape index (κ3) is 7.34. The fraction of sp³-hybridized carbons (Fsp3) is 0.304. The molecule has 0 unspecified atom stereocenters. The van der Waals surface area contributed by atoms with E-state index in [0.29, 0.717) is 33.9 Å². The van der Waals surface area contributed by atoms with Crippen LogP contribution in [0.5, 0.6) is 0 Å². The predicted molar refractivity (Wildman–Crippen MR) is 146 cm³/mol. The molecule has 0 fully saturated rings. The summed E-state index contributed by atoms with van der Waals surface area (Å²) in [5, 5.41) is 15.8. The summed E-state index contributed by atoms with van der Waals surface area (Å²) < 4.78 is 2.90. The molecule has 34 heavy (non-hydrogen) atoms. The number of amides is 2. The largest absolute Gasteiger partial charge is 0.342 e. The second kappa shape index (κ2) is 12.2. The summed E-state index contributed by atoms with van der Waals surface area (Å²) >= 11 is 15.7. The molecule has 2 aromatic carbocycles. The first-order valence-corrected chi connectivity index (χ1v) is 13.3. The first kappa shape index (κ1) is 26.8. The Morgan fingerprint density at radius 3 is 2.47 bits per heavy atom. The van der Waals surface area contributed by atoms with E-state index in [1.54, 1.807) is 16.7 Å². The highest BCUT2D eigenvalue weighted by atomic mass is 127. The van der Waals surface area contributed by atoms with E-state index >= 15 is 0 Å². The number of anilines is 1. The zero-order chi connectivity index (χ0) is 24.8. The van der Waals surface area contributed by atoms with Crippen molar-refractivity contribution in [3.05, 3.63) is 67.5 Å². The van der Waals surface area contributed by atoms with E-state index in [1.165, 1.54) is 17.8 Å². The number of rotatable bonds is 9. The molecule has 0 saturated carbocycles. The Hall–Kier alpha value is -1.82. The zero-order valence-electron chi connectivity index (χ0n) is 18.8. The smallest absolute Gasteiger partial charge is 0.253 e. The molecule has 2 N–H and O–H groups in total. The minimum atomic E-state index is -0.383. The molecular formula is C23H24Cl2IN5O2S. The lowest BCUT2D eigenvalue weighted by Gasteiger charge is -2.20. The molecule has 11 heteroatoms. The Kier molecular flexibility index (Phi) is 9.64. The van der Waals surface area contributed by atoms with Crippen molar-refractivity contribution in [3.8, 4) is 0 Å². The van der Waals surface area contributed by atoms with Gasteiger partial charge in [0.15, 0.2) is 11.0 Å². The van der Waals surface area contributed by atoms with Gasteiger partial charge >= 0.3 is 0 Å². The maximum Gasteiger partial charge on any atom is 0.253 e. The molecule has 180 valence electrons. The van der Waals surface area contributed by atoms with Gasteiger partial charge in [0, 0.05) is 21.3 Å². The van der Waals surface area contributed by atoms with Crippen LogP contribution in [0.1, 0.15) is 42.5 Å². The van der Waals surface area contributed by atoms with E-state index < -0.39 is 0 Å². The third-order valence-electron chi connectivity index (χ3n) is 4.83. The lowest BCUT2D eigenvalue weighted by atomic mass is 10.0. The van der Waals surface area contributed by atoms with Crippen LogP contribution in [-0.4, -0.2) is 32.3 Å². The molecule has 0 aliphatic heterocycles. The fourth-order valence-corrected chi connectivity index (χ4v) is 4.80. The zero-order valence-corrected chi connectivity index (χ0v) is 23.3. The van der Waals surface area contributed by atoms with Crippen molar-refractivity contribution in [1.29, 1.82) is 0 Å². The molecule has 7 nitrogen and oxygen atoms in total. The van der Waals surface area contributed by atoms with E-state index in [-0.39, 0.29) is 28.6 Å². The Morgan fingerprint density at radius 2 is 1.82 bits per heavy atom. The summed E-state index contributed by atoms with van der Waals surface area (Å²) in [7, 11) is 1.82. The maximum atomic E-state index is 12.9. The van der Waals surface area contributed by atoms with Gasteiger partial charge in [-0.2, -0.15) is 0 Å². The van der Waals surface area contributed by atoms with E-state index in [0.717, 1.165) is 9.26 Å². The van der Waals surface area contributed by atoms with Gasteiger partial charge in [-0.3, -0.25) is 9.59 Å². The maximum absolute atomic E-state index is 12.9. The predicted octanol–water partition coefficient (Wildman–Crippen LogP) is 5.97. The lowest BCUT2D eigenvalue weighted by molar-refractivity contribution is -0.113. The van der Waals surface area contributed by atoms with Gasteiger partial charge in [0.1, 0.15) is 0 Å². The highest BCUT2D eigenvalue weighted by Gasteiger charge is 2.24. The summed E-state index contributed by atoms with van der Waals surface area (Å²) in [6.45, 7) is 4.13. The number of carbonyl (C=O) groups excluding carboxylic acids is 2. The van der Waals surface area contributed by atoms with Crippen LogP contribution in [0, 0.1) is 9.49 Å². The number of nitrogens with one attached hydrogen (secondary N) is 2. The first-order valence-electron chi connectivity index (χ1n) is 10.5. The molecule has 1 aromatic heterocycles. The Bertz CT molecular complexity index is 1170. The Balaban J connectivity index is 1.69. The van der Waals surface area contributed by atoms with Crippen LogP contribution >= 0.6 is 57.6 Å². The Morgan fingerprint density at radius 1 is 1.12 bits per heavy atom. The van der Waals surface area contributed by atoms with E-state index in [4.69, 9.17) is 23.2 Å². The van der Waals surface area contributed by atoms with Crippen molar-refractivity contribution in [1.82, 2.24) is 20.1 Å². The van der Waals surface area contributed by atoms with Crippen molar-refractivity contribution in [3.63, 3.8) is 0 Å². The number of aromatic nitrogens is 3. The van der Waals surface area contributed by atoms with Crippen molar-refractivity contribution < 1.29 is 9.59 Å². The molecule has 3 rings (SSSR count). The minimum absolute atomic E-state index is 0.139. The quantitative estimate of drug-likeness (QED) is 0.224. The molecule has 0 radical (unpaired) electrons. The number of hydrogen-bond acceptors (Lipinski definition) is 5. The fourth-order valence-electron chi connectivity index (χ4n) is 3.23. The van der Waals surface area contributed by atoms with E-state index in [1.807, 2.05) is 31.3 Å². The molecule has 1 heterocycles. The number of nitrogens with zero attached hydrogens (tertiary/aromatic N) is 3. The molecule has 0 saturated heterocycles. The van der Waals surface area contributed by atoms with Crippen LogP contribution in [0.15, 0.2) is 47.6 Å². The van der Waals surface area contributed by atoms with Crippen LogP contribution in [0.2, 0.25) is 10.0 Å². The van der Waals surface area contributed by atoms with Crippen LogP contribution in [0.4, 0.5) is 5.69 Å². The Labute approximate surface area is 226 Å². The van der Waals surface area contributed by atoms with E-state index in [9.17, 15) is 9.59 Å². The second-order valence-corrected chi connectivity index (χ2v) is 11.1. The molecule has 0 bridgehead atoms. The van der Waals surface area contributed by atoms with Crippen LogP contribution in [-0.2, 0) is 11.8 Å². The SMILES string of the molecule is CC(C)C[C@H](NC(=O)c1ccc(Cl)cc1Cl)c1nnc(SCC(=O)Nc2ccc(I)cc2)n1C. The second-order valence-electron chi connectivity index (χ2n) is 8.02. The summed E-state index contributed by atoms with van der Waals surface area (Å²) in [5.74, 6) is 0.618. The average molecular weight is 632 g/mol. The molecule has 1 atom stereocenters. The summed E-state index contributed by atoms with van der Waals surface area (Å²) in [4.78, 5) is 25.3. The first-order chi connectivity index (χ1) is 16.1. The molecule has 0 aliphatic rings. The van der Waals surface area contributed by atoms with Crippen molar-refractivity contribution >= 4 is 75.1 Å². The summed E-state index contributed by atoms with van der Waals surface area (Å²) in [5.41, 5.74) is 1.08. The van der Waals surface area contributed by atoms with Crippen molar-refractivity contribution in [2.75, 3.05) is 11.1 Å². The van der Waals surface area contributed by atoms with Gasteiger partial charge in [-0.05, 0) is 77.4 Å². The van der Waals surface area contributed by atoms with Crippen LogP contribution in [0.3, 0.4) is 0 Å².